The highest BCUT2D eigenvalue weighted by atomic mass is 16.5. The van der Waals surface area contributed by atoms with E-state index in [-0.39, 0.29) is 6.61 Å². The molecule has 0 unspecified atom stereocenters. The Morgan fingerprint density at radius 1 is 0.742 bits per heavy atom. The van der Waals surface area contributed by atoms with Crippen molar-refractivity contribution in [2.45, 2.75) is 19.8 Å². The smallest absolute Gasteiger partial charge is 0.162 e. The number of likely N-dealkylation sites (N-methyl/N-ethyl adjacent to an activating group) is 1. The Labute approximate surface area is 185 Å². The highest BCUT2D eigenvalue weighted by Gasteiger charge is 2.08. The zero-order chi connectivity index (χ0) is 21.7. The van der Waals surface area contributed by atoms with Crippen molar-refractivity contribution in [3.63, 3.8) is 0 Å². The second-order valence-corrected chi connectivity index (χ2v) is 7.53. The molecule has 3 aromatic carbocycles. The first-order valence-corrected chi connectivity index (χ1v) is 10.7. The minimum atomic E-state index is 0.184. The van der Waals surface area contributed by atoms with Gasteiger partial charge in [0.25, 0.3) is 0 Å². The SMILES string of the molecule is CN(CCO)CCNCc1ccc(OCc2ccccc2)c(OCc2ccccc2)c1. The van der Waals surface area contributed by atoms with E-state index in [1.54, 1.807) is 0 Å². The number of hydrogen-bond acceptors (Lipinski definition) is 5. The Morgan fingerprint density at radius 2 is 1.35 bits per heavy atom. The predicted molar refractivity (Wildman–Crippen MR) is 124 cm³/mol. The molecule has 3 aromatic rings. The van der Waals surface area contributed by atoms with Crippen molar-refractivity contribution < 1.29 is 14.6 Å². The number of ether oxygens (including phenoxy) is 2. The number of aliphatic hydroxyl groups excluding tert-OH is 1. The highest BCUT2D eigenvalue weighted by molar-refractivity contribution is 5.43. The molecule has 5 nitrogen and oxygen atoms in total. The first-order valence-electron chi connectivity index (χ1n) is 10.7. The van der Waals surface area contributed by atoms with Gasteiger partial charge >= 0.3 is 0 Å². The van der Waals surface area contributed by atoms with Crippen LogP contribution in [0.25, 0.3) is 0 Å². The van der Waals surface area contributed by atoms with Crippen LogP contribution in [0.5, 0.6) is 11.5 Å². The lowest BCUT2D eigenvalue weighted by Crippen LogP contribution is -2.30. The Hall–Kier alpha value is -2.86. The van der Waals surface area contributed by atoms with Crippen LogP contribution in [-0.4, -0.2) is 43.3 Å². The number of benzene rings is 3. The van der Waals surface area contributed by atoms with E-state index < -0.39 is 0 Å². The van der Waals surface area contributed by atoms with Crippen LogP contribution in [0.3, 0.4) is 0 Å². The summed E-state index contributed by atoms with van der Waals surface area (Å²) in [6.45, 7) is 4.34. The second kappa shape index (κ2) is 12.7. The topological polar surface area (TPSA) is 54.0 Å². The Morgan fingerprint density at radius 3 is 1.97 bits per heavy atom. The molecule has 0 fully saturated rings. The molecule has 0 bridgehead atoms. The Bertz CT molecular complexity index is 888. The minimum Gasteiger partial charge on any atom is -0.485 e. The minimum absolute atomic E-state index is 0.184. The van der Waals surface area contributed by atoms with Gasteiger partial charge in [0.15, 0.2) is 11.5 Å². The molecule has 0 saturated heterocycles. The van der Waals surface area contributed by atoms with Crippen molar-refractivity contribution in [1.29, 1.82) is 0 Å². The summed E-state index contributed by atoms with van der Waals surface area (Å²) in [5.74, 6) is 1.49. The van der Waals surface area contributed by atoms with E-state index in [4.69, 9.17) is 14.6 Å². The van der Waals surface area contributed by atoms with Crippen molar-refractivity contribution in [2.24, 2.45) is 0 Å². The van der Waals surface area contributed by atoms with Gasteiger partial charge in [-0.25, -0.2) is 0 Å². The van der Waals surface area contributed by atoms with Gasteiger partial charge in [-0.05, 0) is 35.9 Å². The second-order valence-electron chi connectivity index (χ2n) is 7.53. The maximum Gasteiger partial charge on any atom is 0.162 e. The number of aliphatic hydroxyl groups is 1. The fourth-order valence-corrected chi connectivity index (χ4v) is 3.15. The molecule has 0 aliphatic rings. The third-order valence-corrected chi connectivity index (χ3v) is 4.96. The van der Waals surface area contributed by atoms with Crippen molar-refractivity contribution in [2.75, 3.05) is 33.3 Å². The van der Waals surface area contributed by atoms with Crippen LogP contribution >= 0.6 is 0 Å². The lowest BCUT2D eigenvalue weighted by Gasteiger charge is -2.16. The first-order chi connectivity index (χ1) is 15.2. The van der Waals surface area contributed by atoms with E-state index >= 15 is 0 Å². The van der Waals surface area contributed by atoms with Crippen LogP contribution in [-0.2, 0) is 19.8 Å². The molecule has 0 aromatic heterocycles. The van der Waals surface area contributed by atoms with Gasteiger partial charge in [-0.1, -0.05) is 66.7 Å². The van der Waals surface area contributed by atoms with Crippen LogP contribution in [0.15, 0.2) is 78.9 Å². The van der Waals surface area contributed by atoms with Crippen LogP contribution in [0.1, 0.15) is 16.7 Å². The van der Waals surface area contributed by atoms with Gasteiger partial charge in [0.05, 0.1) is 6.61 Å². The molecule has 31 heavy (non-hydrogen) atoms. The number of rotatable bonds is 13. The van der Waals surface area contributed by atoms with Crippen LogP contribution in [0.2, 0.25) is 0 Å². The molecule has 2 N–H and O–H groups in total. The molecule has 0 aliphatic heterocycles. The fourth-order valence-electron chi connectivity index (χ4n) is 3.15. The van der Waals surface area contributed by atoms with Crippen molar-refractivity contribution >= 4 is 0 Å². The van der Waals surface area contributed by atoms with Gasteiger partial charge in [0.2, 0.25) is 0 Å². The molecule has 164 valence electrons. The van der Waals surface area contributed by atoms with E-state index in [9.17, 15) is 0 Å². The van der Waals surface area contributed by atoms with Crippen molar-refractivity contribution in [3.8, 4) is 11.5 Å². The molecule has 0 radical (unpaired) electrons. The molecule has 0 heterocycles. The van der Waals surface area contributed by atoms with Crippen molar-refractivity contribution in [1.82, 2.24) is 10.2 Å². The summed E-state index contributed by atoms with van der Waals surface area (Å²) in [4.78, 5) is 2.10. The maximum absolute atomic E-state index is 8.99. The molecule has 0 spiro atoms. The van der Waals surface area contributed by atoms with E-state index in [1.165, 1.54) is 0 Å². The van der Waals surface area contributed by atoms with Gasteiger partial charge in [0, 0.05) is 26.2 Å². The molecular formula is C26H32N2O3. The Kier molecular flexibility index (Phi) is 9.38. The van der Waals surface area contributed by atoms with E-state index in [0.717, 1.165) is 47.8 Å². The third kappa shape index (κ3) is 8.06. The van der Waals surface area contributed by atoms with Gasteiger partial charge in [-0.2, -0.15) is 0 Å². The molecule has 0 atom stereocenters. The summed E-state index contributed by atoms with van der Waals surface area (Å²) in [5, 5.41) is 12.4. The molecular weight excluding hydrogens is 388 g/mol. The fraction of sp³-hybridized carbons (Fsp3) is 0.308. The first kappa shape index (κ1) is 22.8. The number of hydrogen-bond donors (Lipinski definition) is 2. The monoisotopic (exact) mass is 420 g/mol. The van der Waals surface area contributed by atoms with Crippen LogP contribution < -0.4 is 14.8 Å². The highest BCUT2D eigenvalue weighted by Crippen LogP contribution is 2.30. The number of nitrogens with zero attached hydrogens (tertiary/aromatic N) is 1. The average molecular weight is 421 g/mol. The summed E-state index contributed by atoms with van der Waals surface area (Å²) < 4.78 is 12.2. The normalized spacial score (nSPS) is 10.9. The number of nitrogens with one attached hydrogen (secondary N) is 1. The zero-order valence-corrected chi connectivity index (χ0v) is 18.2. The quantitative estimate of drug-likeness (QED) is 0.411. The maximum atomic E-state index is 8.99. The van der Waals surface area contributed by atoms with Gasteiger partial charge in [-0.15, -0.1) is 0 Å². The van der Waals surface area contributed by atoms with Crippen molar-refractivity contribution in [3.05, 3.63) is 95.6 Å². The largest absolute Gasteiger partial charge is 0.485 e. The summed E-state index contributed by atoms with van der Waals surface area (Å²) >= 11 is 0. The summed E-state index contributed by atoms with van der Waals surface area (Å²) in [6, 6.07) is 26.4. The Balaban J connectivity index is 1.62. The molecule has 0 aliphatic carbocycles. The predicted octanol–water partition coefficient (Wildman–Crippen LogP) is 3.86. The van der Waals surface area contributed by atoms with Gasteiger partial charge in [0.1, 0.15) is 13.2 Å². The standard InChI is InChI=1S/C26H32N2O3/c1-28(16-17-29)15-14-27-19-24-12-13-25(30-20-22-8-4-2-5-9-22)26(18-24)31-21-23-10-6-3-7-11-23/h2-13,18,27,29H,14-17,19-21H2,1H3. The molecule has 0 amide bonds. The lowest BCUT2D eigenvalue weighted by atomic mass is 10.2. The molecule has 5 heteroatoms. The summed E-state index contributed by atoms with van der Waals surface area (Å²) in [5.41, 5.74) is 3.38. The summed E-state index contributed by atoms with van der Waals surface area (Å²) in [7, 11) is 2.01. The molecule has 3 rings (SSSR count). The van der Waals surface area contributed by atoms with E-state index in [1.807, 2.05) is 55.6 Å². The van der Waals surface area contributed by atoms with Crippen LogP contribution in [0, 0.1) is 0 Å². The lowest BCUT2D eigenvalue weighted by molar-refractivity contribution is 0.221. The van der Waals surface area contributed by atoms with Crippen LogP contribution in [0.4, 0.5) is 0 Å². The van der Waals surface area contributed by atoms with E-state index in [0.29, 0.717) is 19.8 Å². The third-order valence-electron chi connectivity index (χ3n) is 4.96. The average Bonchev–Trinajstić information content (AvgIpc) is 2.81. The zero-order valence-electron chi connectivity index (χ0n) is 18.2. The van der Waals surface area contributed by atoms with E-state index in [2.05, 4.69) is 40.5 Å². The summed E-state index contributed by atoms with van der Waals surface area (Å²) in [6.07, 6.45) is 0. The molecule has 0 saturated carbocycles. The van der Waals surface area contributed by atoms with Gasteiger partial charge in [-0.3, -0.25) is 0 Å². The van der Waals surface area contributed by atoms with Gasteiger partial charge < -0.3 is 24.8 Å².